The summed E-state index contributed by atoms with van der Waals surface area (Å²) in [6, 6.07) is 22.6. The van der Waals surface area contributed by atoms with E-state index in [9.17, 15) is 14.4 Å². The van der Waals surface area contributed by atoms with Crippen molar-refractivity contribution in [3.8, 4) is 5.75 Å². The van der Waals surface area contributed by atoms with Crippen LogP contribution >= 0.6 is 0 Å². The van der Waals surface area contributed by atoms with Gasteiger partial charge in [-0.3, -0.25) is 14.4 Å². The number of ether oxygens (including phenoxy) is 1. The average Bonchev–Trinajstić information content (AvgIpc) is 3.28. The Hall–Kier alpha value is -4.37. The first-order chi connectivity index (χ1) is 20.9. The smallest absolute Gasteiger partial charge is 0.254 e. The largest absolute Gasteiger partial charge is 0.497 e. The van der Waals surface area contributed by atoms with Gasteiger partial charge in [0.15, 0.2) is 0 Å². The highest BCUT2D eigenvalue weighted by molar-refractivity contribution is 6.00. The molecule has 0 spiro atoms. The minimum Gasteiger partial charge on any atom is -0.497 e. The topological polar surface area (TPSA) is 117 Å². The van der Waals surface area contributed by atoms with Crippen LogP contribution in [-0.4, -0.2) is 68.0 Å². The van der Waals surface area contributed by atoms with Gasteiger partial charge in [0.25, 0.3) is 11.8 Å². The van der Waals surface area contributed by atoms with Crippen LogP contribution in [0.15, 0.2) is 72.8 Å². The lowest BCUT2D eigenvalue weighted by atomic mass is 9.91. The quantitative estimate of drug-likeness (QED) is 0.366. The Kier molecular flexibility index (Phi) is 9.94. The first kappa shape index (κ1) is 30.1. The molecule has 1 heterocycles. The van der Waals surface area contributed by atoms with Crippen molar-refractivity contribution in [2.24, 2.45) is 5.73 Å². The molecule has 1 aliphatic carbocycles. The van der Waals surface area contributed by atoms with Gasteiger partial charge in [-0.25, -0.2) is 0 Å². The second-order valence-electron chi connectivity index (χ2n) is 11.4. The zero-order chi connectivity index (χ0) is 30.2. The number of nitrogens with zero attached hydrogens (tertiary/aromatic N) is 2. The molecule has 2 aliphatic rings. The highest BCUT2D eigenvalue weighted by Gasteiger charge is 2.25. The number of nitrogens with two attached hydrogens (primary N) is 1. The number of anilines is 2. The van der Waals surface area contributed by atoms with E-state index in [1.54, 1.807) is 25.3 Å². The van der Waals surface area contributed by atoms with Crippen molar-refractivity contribution in [3.05, 3.63) is 89.5 Å². The molecule has 3 amide bonds. The molecule has 4 N–H and O–H groups in total. The van der Waals surface area contributed by atoms with Crippen molar-refractivity contribution in [3.63, 3.8) is 0 Å². The molecule has 5 rings (SSSR count). The van der Waals surface area contributed by atoms with Gasteiger partial charge >= 0.3 is 0 Å². The maximum absolute atomic E-state index is 13.3. The van der Waals surface area contributed by atoms with Crippen LogP contribution in [0.2, 0.25) is 0 Å². The van der Waals surface area contributed by atoms with Crippen molar-refractivity contribution in [1.82, 2.24) is 10.2 Å². The predicted octanol–water partition coefficient (Wildman–Crippen LogP) is 4.23. The van der Waals surface area contributed by atoms with Gasteiger partial charge in [-0.1, -0.05) is 36.4 Å². The number of amides is 3. The minimum atomic E-state index is -0.157. The first-order valence-electron chi connectivity index (χ1n) is 15.1. The zero-order valence-corrected chi connectivity index (χ0v) is 24.8. The fourth-order valence-corrected chi connectivity index (χ4v) is 5.86. The van der Waals surface area contributed by atoms with Crippen LogP contribution < -0.4 is 26.0 Å². The van der Waals surface area contributed by atoms with Gasteiger partial charge in [0.1, 0.15) is 5.75 Å². The molecule has 0 radical (unpaired) electrons. The Balaban J connectivity index is 1.33. The molecule has 0 bridgehead atoms. The molecule has 3 aromatic rings. The second kappa shape index (κ2) is 14.2. The van der Waals surface area contributed by atoms with E-state index >= 15 is 0 Å². The number of methoxy groups -OCH3 is 1. The van der Waals surface area contributed by atoms with Gasteiger partial charge in [-0.05, 0) is 74.1 Å². The molecule has 0 aromatic heterocycles. The lowest BCUT2D eigenvalue weighted by Gasteiger charge is -2.28. The predicted molar refractivity (Wildman–Crippen MR) is 169 cm³/mol. The molecule has 43 heavy (non-hydrogen) atoms. The summed E-state index contributed by atoms with van der Waals surface area (Å²) in [6.45, 7) is 2.44. The summed E-state index contributed by atoms with van der Waals surface area (Å²) >= 11 is 0. The summed E-state index contributed by atoms with van der Waals surface area (Å²) in [5, 5.41) is 6.24. The van der Waals surface area contributed by atoms with E-state index in [0.29, 0.717) is 48.7 Å². The van der Waals surface area contributed by atoms with Gasteiger partial charge in [0, 0.05) is 49.4 Å². The molecule has 9 heteroatoms. The molecular weight excluding hydrogens is 542 g/mol. The maximum atomic E-state index is 13.3. The Bertz CT molecular complexity index is 1420. The van der Waals surface area contributed by atoms with E-state index < -0.39 is 0 Å². The van der Waals surface area contributed by atoms with Crippen molar-refractivity contribution in [1.29, 1.82) is 0 Å². The molecule has 1 saturated heterocycles. The SMILES string of the molecule is COc1cccc(C(=O)N2CCCN(c3ccc(C(=O)NC4CCC(N)CC4)cc3NC(=O)Cc3ccccc3)CC2)c1. The summed E-state index contributed by atoms with van der Waals surface area (Å²) in [5.74, 6) is 0.301. The van der Waals surface area contributed by atoms with E-state index in [2.05, 4.69) is 15.5 Å². The number of rotatable bonds is 8. The fraction of sp³-hybridized carbons (Fsp3) is 0.382. The monoisotopic (exact) mass is 583 g/mol. The number of carbonyl (C=O) groups is 3. The standard InChI is InChI=1S/C34H41N5O4/c1-43-29-10-5-9-26(22-29)34(42)39-18-6-17-38(19-20-39)31-16-11-25(33(41)36-28-14-12-27(35)13-15-28)23-30(31)37-32(40)21-24-7-3-2-4-8-24/h2-5,7-11,16,22-23,27-28H,6,12-15,17-21,35H2,1H3,(H,36,41)(H,37,40). The van der Waals surface area contributed by atoms with Gasteiger partial charge in [-0.15, -0.1) is 0 Å². The molecule has 0 unspecified atom stereocenters. The van der Waals surface area contributed by atoms with Crippen LogP contribution in [0.5, 0.6) is 5.75 Å². The van der Waals surface area contributed by atoms with Gasteiger partial charge < -0.3 is 30.9 Å². The second-order valence-corrected chi connectivity index (χ2v) is 11.4. The van der Waals surface area contributed by atoms with E-state index in [1.165, 1.54) is 0 Å². The Morgan fingerprint density at radius 3 is 2.42 bits per heavy atom. The summed E-state index contributed by atoms with van der Waals surface area (Å²) in [6.07, 6.45) is 4.52. The maximum Gasteiger partial charge on any atom is 0.254 e. The van der Waals surface area contributed by atoms with E-state index in [-0.39, 0.29) is 36.2 Å². The third-order valence-corrected chi connectivity index (χ3v) is 8.29. The van der Waals surface area contributed by atoms with Crippen molar-refractivity contribution in [2.75, 3.05) is 43.5 Å². The highest BCUT2D eigenvalue weighted by Crippen LogP contribution is 2.29. The summed E-state index contributed by atoms with van der Waals surface area (Å²) in [5.41, 5.74) is 9.46. The first-order valence-corrected chi connectivity index (χ1v) is 15.1. The van der Waals surface area contributed by atoms with Crippen molar-refractivity contribution in [2.45, 2.75) is 50.6 Å². The molecular formula is C34H41N5O4. The van der Waals surface area contributed by atoms with Crippen LogP contribution in [-0.2, 0) is 11.2 Å². The van der Waals surface area contributed by atoms with Crippen LogP contribution in [0.1, 0.15) is 58.4 Å². The van der Waals surface area contributed by atoms with Gasteiger partial charge in [0.2, 0.25) is 5.91 Å². The number of carbonyl (C=O) groups excluding carboxylic acids is 3. The third kappa shape index (κ3) is 7.93. The molecule has 226 valence electrons. The fourth-order valence-electron chi connectivity index (χ4n) is 5.86. The molecule has 1 saturated carbocycles. The minimum absolute atomic E-state index is 0.0344. The summed E-state index contributed by atoms with van der Waals surface area (Å²) in [4.78, 5) is 43.7. The van der Waals surface area contributed by atoms with Crippen molar-refractivity contribution < 1.29 is 19.1 Å². The van der Waals surface area contributed by atoms with E-state index in [1.807, 2.05) is 59.5 Å². The van der Waals surface area contributed by atoms with Gasteiger partial charge in [0.05, 0.1) is 24.9 Å². The average molecular weight is 584 g/mol. The lowest BCUT2D eigenvalue weighted by Crippen LogP contribution is -2.40. The van der Waals surface area contributed by atoms with Crippen LogP contribution in [0, 0.1) is 0 Å². The zero-order valence-electron chi connectivity index (χ0n) is 24.8. The van der Waals surface area contributed by atoms with Gasteiger partial charge in [-0.2, -0.15) is 0 Å². The Morgan fingerprint density at radius 2 is 1.65 bits per heavy atom. The van der Waals surface area contributed by atoms with Crippen LogP contribution in [0.25, 0.3) is 0 Å². The molecule has 9 nitrogen and oxygen atoms in total. The Morgan fingerprint density at radius 1 is 0.860 bits per heavy atom. The number of hydrogen-bond acceptors (Lipinski definition) is 6. The number of nitrogens with one attached hydrogen (secondary N) is 2. The number of hydrogen-bond donors (Lipinski definition) is 3. The lowest BCUT2D eigenvalue weighted by molar-refractivity contribution is -0.115. The molecule has 2 fully saturated rings. The number of benzene rings is 3. The van der Waals surface area contributed by atoms with Crippen molar-refractivity contribution >= 4 is 29.1 Å². The normalized spacial score (nSPS) is 18.8. The summed E-state index contributed by atoms with van der Waals surface area (Å²) < 4.78 is 5.30. The third-order valence-electron chi connectivity index (χ3n) is 8.29. The van der Waals surface area contributed by atoms with E-state index in [4.69, 9.17) is 10.5 Å². The molecule has 3 aromatic carbocycles. The van der Waals surface area contributed by atoms with Crippen LogP contribution in [0.3, 0.4) is 0 Å². The van der Waals surface area contributed by atoms with E-state index in [0.717, 1.165) is 43.4 Å². The highest BCUT2D eigenvalue weighted by atomic mass is 16.5. The molecule has 1 aliphatic heterocycles. The van der Waals surface area contributed by atoms with Crippen LogP contribution in [0.4, 0.5) is 11.4 Å². The molecule has 0 atom stereocenters. The Labute approximate surface area is 253 Å². The summed E-state index contributed by atoms with van der Waals surface area (Å²) in [7, 11) is 1.59.